The van der Waals surface area contributed by atoms with E-state index in [4.69, 9.17) is 10.5 Å². The molecule has 0 saturated heterocycles. The number of nitrogens with zero attached hydrogens (tertiary/aromatic N) is 3. The zero-order chi connectivity index (χ0) is 11.7. The first kappa shape index (κ1) is 11.3. The van der Waals surface area contributed by atoms with E-state index in [9.17, 15) is 0 Å². The molecule has 90 valence electrons. The molecule has 1 heterocycles. The van der Waals surface area contributed by atoms with E-state index in [-0.39, 0.29) is 0 Å². The van der Waals surface area contributed by atoms with Crippen molar-refractivity contribution in [1.82, 2.24) is 14.7 Å². The van der Waals surface area contributed by atoms with Crippen molar-refractivity contribution < 1.29 is 4.74 Å². The van der Waals surface area contributed by atoms with E-state index in [2.05, 4.69) is 17.0 Å². The maximum atomic E-state index is 5.87. The molecule has 1 aliphatic rings. The van der Waals surface area contributed by atoms with Crippen molar-refractivity contribution in [3.05, 3.63) is 5.69 Å². The van der Waals surface area contributed by atoms with Gasteiger partial charge >= 0.3 is 0 Å². The Balaban J connectivity index is 1.84. The highest BCUT2D eigenvalue weighted by Crippen LogP contribution is 2.26. The van der Waals surface area contributed by atoms with Gasteiger partial charge in [-0.2, -0.15) is 5.10 Å². The van der Waals surface area contributed by atoms with E-state index in [1.165, 1.54) is 12.8 Å². The van der Waals surface area contributed by atoms with Gasteiger partial charge in [-0.15, -0.1) is 0 Å². The maximum Gasteiger partial charge on any atom is 0.235 e. The van der Waals surface area contributed by atoms with Gasteiger partial charge in [0.2, 0.25) is 5.88 Å². The van der Waals surface area contributed by atoms with Crippen molar-refractivity contribution >= 4 is 5.69 Å². The Labute approximate surface area is 96.2 Å². The first-order valence-corrected chi connectivity index (χ1v) is 5.71. The molecule has 0 bridgehead atoms. The van der Waals surface area contributed by atoms with Gasteiger partial charge in [-0.3, -0.25) is 0 Å². The summed E-state index contributed by atoms with van der Waals surface area (Å²) in [5.41, 5.74) is 7.35. The van der Waals surface area contributed by atoms with E-state index in [1.807, 2.05) is 14.0 Å². The topological polar surface area (TPSA) is 56.3 Å². The summed E-state index contributed by atoms with van der Waals surface area (Å²) in [5, 5.41) is 4.21. The van der Waals surface area contributed by atoms with Crippen LogP contribution in [0.25, 0.3) is 0 Å². The number of nitrogen functional groups attached to an aromatic ring is 1. The van der Waals surface area contributed by atoms with Gasteiger partial charge in [-0.05, 0) is 26.8 Å². The second kappa shape index (κ2) is 4.33. The average Bonchev–Trinajstić information content (AvgIpc) is 3.02. The molecule has 2 N–H and O–H groups in total. The Morgan fingerprint density at radius 2 is 2.25 bits per heavy atom. The Bertz CT molecular complexity index is 370. The third kappa shape index (κ3) is 2.29. The molecule has 0 aromatic carbocycles. The fourth-order valence-corrected chi connectivity index (χ4v) is 1.81. The zero-order valence-electron chi connectivity index (χ0n) is 10.2. The van der Waals surface area contributed by atoms with Crippen LogP contribution in [0.15, 0.2) is 0 Å². The zero-order valence-corrected chi connectivity index (χ0v) is 10.2. The Morgan fingerprint density at radius 3 is 2.75 bits per heavy atom. The Hall–Kier alpha value is -1.23. The highest BCUT2D eigenvalue weighted by atomic mass is 16.5. The normalized spacial score (nSPS) is 15.8. The van der Waals surface area contributed by atoms with Gasteiger partial charge < -0.3 is 15.4 Å². The standard InChI is InChI=1S/C11H20N4O/c1-8-10(12)11(15(3)13-8)16-7-6-14(2)9-4-5-9/h9H,4-7,12H2,1-3H3. The van der Waals surface area contributed by atoms with E-state index >= 15 is 0 Å². The lowest BCUT2D eigenvalue weighted by Crippen LogP contribution is -2.26. The lowest BCUT2D eigenvalue weighted by atomic mass is 10.4. The van der Waals surface area contributed by atoms with Crippen molar-refractivity contribution in [2.45, 2.75) is 25.8 Å². The van der Waals surface area contributed by atoms with Crippen LogP contribution in [0.5, 0.6) is 5.88 Å². The summed E-state index contributed by atoms with van der Waals surface area (Å²) >= 11 is 0. The predicted molar refractivity (Wildman–Crippen MR) is 63.5 cm³/mol. The quantitative estimate of drug-likeness (QED) is 0.803. The van der Waals surface area contributed by atoms with E-state index in [1.54, 1.807) is 4.68 Å². The molecule has 0 amide bonds. The Kier molecular flexibility index (Phi) is 3.05. The predicted octanol–water partition coefficient (Wildman–Crippen LogP) is 0.784. The highest BCUT2D eigenvalue weighted by Gasteiger charge is 2.25. The van der Waals surface area contributed by atoms with Crippen LogP contribution in [0.3, 0.4) is 0 Å². The van der Waals surface area contributed by atoms with Crippen LogP contribution in [-0.4, -0.2) is 40.9 Å². The molecule has 16 heavy (non-hydrogen) atoms. The monoisotopic (exact) mass is 224 g/mol. The number of anilines is 1. The maximum absolute atomic E-state index is 5.87. The first-order valence-electron chi connectivity index (χ1n) is 5.71. The Morgan fingerprint density at radius 1 is 1.56 bits per heavy atom. The molecule has 2 rings (SSSR count). The van der Waals surface area contributed by atoms with Crippen molar-refractivity contribution in [3.8, 4) is 5.88 Å². The van der Waals surface area contributed by atoms with Gasteiger partial charge in [0.1, 0.15) is 12.3 Å². The molecule has 0 spiro atoms. The number of likely N-dealkylation sites (N-methyl/N-ethyl adjacent to an activating group) is 1. The number of hydrogen-bond acceptors (Lipinski definition) is 4. The van der Waals surface area contributed by atoms with Crippen LogP contribution in [0.1, 0.15) is 18.5 Å². The fraction of sp³-hybridized carbons (Fsp3) is 0.727. The molecule has 1 saturated carbocycles. The second-order valence-corrected chi connectivity index (χ2v) is 4.49. The summed E-state index contributed by atoms with van der Waals surface area (Å²) in [6, 6.07) is 0.772. The van der Waals surface area contributed by atoms with Crippen LogP contribution in [-0.2, 0) is 7.05 Å². The van der Waals surface area contributed by atoms with Gasteiger partial charge in [0.05, 0.1) is 5.69 Å². The molecule has 0 unspecified atom stereocenters. The van der Waals surface area contributed by atoms with Crippen LogP contribution in [0, 0.1) is 6.92 Å². The van der Waals surface area contributed by atoms with Crippen molar-refractivity contribution in [3.63, 3.8) is 0 Å². The van der Waals surface area contributed by atoms with Gasteiger partial charge in [-0.25, -0.2) is 4.68 Å². The highest BCUT2D eigenvalue weighted by molar-refractivity contribution is 5.52. The molecular formula is C11H20N4O. The van der Waals surface area contributed by atoms with Crippen LogP contribution in [0.4, 0.5) is 5.69 Å². The smallest absolute Gasteiger partial charge is 0.235 e. The van der Waals surface area contributed by atoms with Gasteiger partial charge in [0.15, 0.2) is 0 Å². The van der Waals surface area contributed by atoms with Crippen LogP contribution < -0.4 is 10.5 Å². The van der Waals surface area contributed by atoms with E-state index in [0.717, 1.165) is 18.3 Å². The summed E-state index contributed by atoms with van der Waals surface area (Å²) in [6.45, 7) is 3.49. The molecule has 0 atom stereocenters. The van der Waals surface area contributed by atoms with E-state index < -0.39 is 0 Å². The molecule has 0 aliphatic heterocycles. The molecule has 5 nitrogen and oxygen atoms in total. The number of aryl methyl sites for hydroxylation is 2. The summed E-state index contributed by atoms with van der Waals surface area (Å²) < 4.78 is 7.37. The lowest BCUT2D eigenvalue weighted by Gasteiger charge is -2.15. The minimum atomic E-state index is 0.650. The SMILES string of the molecule is Cc1nn(C)c(OCCN(C)C2CC2)c1N. The number of aromatic nitrogens is 2. The summed E-state index contributed by atoms with van der Waals surface area (Å²) in [4.78, 5) is 2.33. The van der Waals surface area contributed by atoms with Crippen LogP contribution in [0.2, 0.25) is 0 Å². The third-order valence-electron chi connectivity index (χ3n) is 3.07. The molecule has 1 aliphatic carbocycles. The van der Waals surface area contributed by atoms with Crippen molar-refractivity contribution in [1.29, 1.82) is 0 Å². The van der Waals surface area contributed by atoms with Crippen LogP contribution >= 0.6 is 0 Å². The molecule has 1 aromatic heterocycles. The fourth-order valence-electron chi connectivity index (χ4n) is 1.81. The number of ether oxygens (including phenoxy) is 1. The van der Waals surface area contributed by atoms with E-state index in [0.29, 0.717) is 18.2 Å². The molecule has 5 heteroatoms. The van der Waals surface area contributed by atoms with Crippen molar-refractivity contribution in [2.75, 3.05) is 25.9 Å². The molecule has 0 radical (unpaired) electrons. The summed E-state index contributed by atoms with van der Waals surface area (Å²) in [5.74, 6) is 0.682. The van der Waals surface area contributed by atoms with Gasteiger partial charge in [0, 0.05) is 19.6 Å². The third-order valence-corrected chi connectivity index (χ3v) is 3.07. The molecular weight excluding hydrogens is 204 g/mol. The second-order valence-electron chi connectivity index (χ2n) is 4.49. The number of rotatable bonds is 5. The average molecular weight is 224 g/mol. The lowest BCUT2D eigenvalue weighted by molar-refractivity contribution is 0.221. The van der Waals surface area contributed by atoms with Gasteiger partial charge in [-0.1, -0.05) is 0 Å². The number of nitrogens with two attached hydrogens (primary N) is 1. The number of hydrogen-bond donors (Lipinski definition) is 1. The molecule has 1 aromatic rings. The minimum absolute atomic E-state index is 0.650. The van der Waals surface area contributed by atoms with Crippen molar-refractivity contribution in [2.24, 2.45) is 7.05 Å². The molecule has 1 fully saturated rings. The summed E-state index contributed by atoms with van der Waals surface area (Å²) in [7, 11) is 3.99. The summed E-state index contributed by atoms with van der Waals surface area (Å²) in [6.07, 6.45) is 2.65. The first-order chi connectivity index (χ1) is 7.59. The minimum Gasteiger partial charge on any atom is -0.475 e. The largest absolute Gasteiger partial charge is 0.475 e. The van der Waals surface area contributed by atoms with Gasteiger partial charge in [0.25, 0.3) is 0 Å².